The Morgan fingerprint density at radius 3 is 2.17 bits per heavy atom. The van der Waals surface area contributed by atoms with Gasteiger partial charge < -0.3 is 20.3 Å². The normalized spacial score (nSPS) is 11.4. The summed E-state index contributed by atoms with van der Waals surface area (Å²) in [7, 11) is 1.61. The van der Waals surface area contributed by atoms with E-state index in [0.717, 1.165) is 33.9 Å². The number of aryl methyl sites for hydroxylation is 2. The van der Waals surface area contributed by atoms with Gasteiger partial charge in [-0.25, -0.2) is 9.48 Å². The first-order chi connectivity index (χ1) is 16.9. The molecule has 3 amide bonds. The van der Waals surface area contributed by atoms with E-state index in [1.54, 1.807) is 11.8 Å². The van der Waals surface area contributed by atoms with Gasteiger partial charge in [0.25, 0.3) is 0 Å². The number of ether oxygens (including phenoxy) is 1. The number of urea groups is 1. The molecule has 2 aromatic carbocycles. The molecule has 1 aromatic heterocycles. The third-order valence-electron chi connectivity index (χ3n) is 5.97. The quantitative estimate of drug-likeness (QED) is 0.445. The highest BCUT2D eigenvalue weighted by atomic mass is 16.5. The van der Waals surface area contributed by atoms with Gasteiger partial charge in [-0.2, -0.15) is 5.10 Å². The van der Waals surface area contributed by atoms with Crippen molar-refractivity contribution in [2.75, 3.05) is 24.3 Å². The summed E-state index contributed by atoms with van der Waals surface area (Å²) >= 11 is 0. The second-order valence-electron chi connectivity index (χ2n) is 10.2. The lowest BCUT2D eigenvalue weighted by molar-refractivity contribution is -0.117. The van der Waals surface area contributed by atoms with E-state index < -0.39 is 0 Å². The van der Waals surface area contributed by atoms with E-state index in [9.17, 15) is 9.59 Å². The first-order valence-electron chi connectivity index (χ1n) is 12.1. The number of carbonyl (C=O) groups is 2. The van der Waals surface area contributed by atoms with Crippen molar-refractivity contribution in [3.63, 3.8) is 0 Å². The molecule has 0 spiro atoms. The molecular formula is C28H37N5O3. The molecule has 1 heterocycles. The molecular weight excluding hydrogens is 454 g/mol. The highest BCUT2D eigenvalue weighted by molar-refractivity contribution is 5.97. The molecule has 0 bridgehead atoms. The number of hydrogen-bond acceptors (Lipinski definition) is 4. The Hall–Kier alpha value is -3.81. The maximum atomic E-state index is 13.2. The third-order valence-corrected chi connectivity index (χ3v) is 5.97. The summed E-state index contributed by atoms with van der Waals surface area (Å²) in [5, 5.41) is 10.7. The maximum absolute atomic E-state index is 13.2. The first kappa shape index (κ1) is 26.8. The van der Waals surface area contributed by atoms with Gasteiger partial charge in [-0.05, 0) is 63.1 Å². The molecule has 0 atom stereocenters. The smallest absolute Gasteiger partial charge is 0.322 e. The number of methoxy groups -OCH3 is 1. The minimum absolute atomic E-state index is 0.104. The van der Waals surface area contributed by atoms with Crippen LogP contribution >= 0.6 is 0 Å². The number of aromatic nitrogens is 2. The number of anilines is 2. The predicted molar refractivity (Wildman–Crippen MR) is 144 cm³/mol. The Morgan fingerprint density at radius 2 is 1.64 bits per heavy atom. The fourth-order valence-electron chi connectivity index (χ4n) is 3.77. The van der Waals surface area contributed by atoms with Crippen LogP contribution in [0.5, 0.6) is 5.75 Å². The van der Waals surface area contributed by atoms with E-state index in [-0.39, 0.29) is 29.9 Å². The molecule has 0 fully saturated rings. The minimum atomic E-state index is -0.323. The molecule has 3 rings (SSSR count). The number of hydrogen-bond donors (Lipinski definition) is 2. The lowest BCUT2D eigenvalue weighted by atomic mass is 9.92. The van der Waals surface area contributed by atoms with E-state index in [1.807, 2.05) is 76.2 Å². The van der Waals surface area contributed by atoms with Crippen molar-refractivity contribution in [2.24, 2.45) is 0 Å². The number of benzene rings is 2. The number of amides is 3. The molecule has 3 aromatic rings. The average molecular weight is 492 g/mol. The van der Waals surface area contributed by atoms with Gasteiger partial charge in [0.15, 0.2) is 0 Å². The third kappa shape index (κ3) is 6.24. The van der Waals surface area contributed by atoms with Crippen molar-refractivity contribution in [3.8, 4) is 11.4 Å². The SMILES string of the molecule is COc1ccc(-n2nc(C(C)(C)C)cc2NC(=O)CN(C(=O)Nc2c(C)cccc2C)C(C)C)cc1. The Morgan fingerprint density at radius 1 is 1.03 bits per heavy atom. The minimum Gasteiger partial charge on any atom is -0.497 e. The van der Waals surface area contributed by atoms with Crippen molar-refractivity contribution in [1.82, 2.24) is 14.7 Å². The van der Waals surface area contributed by atoms with Gasteiger partial charge >= 0.3 is 6.03 Å². The summed E-state index contributed by atoms with van der Waals surface area (Å²) in [6.07, 6.45) is 0. The number of nitrogens with one attached hydrogen (secondary N) is 2. The number of nitrogens with zero attached hydrogens (tertiary/aromatic N) is 3. The van der Waals surface area contributed by atoms with Crippen LogP contribution in [0.3, 0.4) is 0 Å². The van der Waals surface area contributed by atoms with Crippen LogP contribution < -0.4 is 15.4 Å². The summed E-state index contributed by atoms with van der Waals surface area (Å²) in [6.45, 7) is 13.8. The summed E-state index contributed by atoms with van der Waals surface area (Å²) in [5.74, 6) is 0.958. The zero-order valence-corrected chi connectivity index (χ0v) is 22.5. The lowest BCUT2D eigenvalue weighted by Crippen LogP contribution is -2.45. The van der Waals surface area contributed by atoms with Crippen molar-refractivity contribution >= 4 is 23.4 Å². The fraction of sp³-hybridized carbons (Fsp3) is 0.393. The monoisotopic (exact) mass is 491 g/mol. The van der Waals surface area contributed by atoms with Gasteiger partial charge in [-0.1, -0.05) is 39.0 Å². The molecule has 0 aliphatic rings. The lowest BCUT2D eigenvalue weighted by Gasteiger charge is -2.27. The van der Waals surface area contributed by atoms with Crippen molar-refractivity contribution < 1.29 is 14.3 Å². The summed E-state index contributed by atoms with van der Waals surface area (Å²) < 4.78 is 6.97. The molecule has 36 heavy (non-hydrogen) atoms. The average Bonchev–Trinajstić information content (AvgIpc) is 3.24. The predicted octanol–water partition coefficient (Wildman–Crippen LogP) is 5.68. The van der Waals surface area contributed by atoms with Gasteiger partial charge in [-0.3, -0.25) is 4.79 Å². The Kier molecular flexibility index (Phi) is 8.07. The zero-order valence-electron chi connectivity index (χ0n) is 22.5. The zero-order chi connectivity index (χ0) is 26.6. The highest BCUT2D eigenvalue weighted by Gasteiger charge is 2.24. The molecule has 0 aliphatic carbocycles. The summed E-state index contributed by atoms with van der Waals surface area (Å²) in [5.41, 5.74) is 4.11. The van der Waals surface area contributed by atoms with Crippen LogP contribution in [0.2, 0.25) is 0 Å². The number of rotatable bonds is 7. The molecule has 192 valence electrons. The second kappa shape index (κ2) is 10.8. The van der Waals surface area contributed by atoms with Gasteiger partial charge in [0, 0.05) is 23.2 Å². The molecule has 0 saturated heterocycles. The first-order valence-corrected chi connectivity index (χ1v) is 12.1. The van der Waals surface area contributed by atoms with Crippen LogP contribution in [0.1, 0.15) is 51.4 Å². The van der Waals surface area contributed by atoms with Crippen molar-refractivity contribution in [2.45, 2.75) is 59.9 Å². The number of carbonyl (C=O) groups excluding carboxylic acids is 2. The fourth-order valence-corrected chi connectivity index (χ4v) is 3.77. The van der Waals surface area contributed by atoms with Crippen LogP contribution in [-0.2, 0) is 10.2 Å². The van der Waals surface area contributed by atoms with E-state index in [1.165, 1.54) is 4.90 Å². The van der Waals surface area contributed by atoms with Crippen LogP contribution in [0.15, 0.2) is 48.5 Å². The molecule has 0 radical (unpaired) electrons. The molecule has 0 aliphatic heterocycles. The van der Waals surface area contributed by atoms with E-state index in [4.69, 9.17) is 9.84 Å². The molecule has 8 heteroatoms. The maximum Gasteiger partial charge on any atom is 0.322 e. The molecule has 2 N–H and O–H groups in total. The largest absolute Gasteiger partial charge is 0.497 e. The highest BCUT2D eigenvalue weighted by Crippen LogP contribution is 2.27. The Labute approximate surface area is 213 Å². The van der Waals surface area contributed by atoms with Gasteiger partial charge in [0.1, 0.15) is 18.1 Å². The van der Waals surface area contributed by atoms with Crippen LogP contribution in [0.25, 0.3) is 5.69 Å². The van der Waals surface area contributed by atoms with Gasteiger partial charge in [-0.15, -0.1) is 0 Å². The van der Waals surface area contributed by atoms with Crippen LogP contribution in [0, 0.1) is 13.8 Å². The van der Waals surface area contributed by atoms with Gasteiger partial charge in [0.2, 0.25) is 5.91 Å². The second-order valence-corrected chi connectivity index (χ2v) is 10.2. The molecule has 0 saturated carbocycles. The number of para-hydroxylation sites is 1. The van der Waals surface area contributed by atoms with Crippen molar-refractivity contribution in [1.29, 1.82) is 0 Å². The van der Waals surface area contributed by atoms with Crippen LogP contribution in [0.4, 0.5) is 16.3 Å². The van der Waals surface area contributed by atoms with E-state index in [0.29, 0.717) is 5.82 Å². The standard InChI is InChI=1S/C28H37N5O3/c1-18(2)32(27(35)30-26-19(3)10-9-11-20(26)4)17-25(34)29-24-16-23(28(5,6)7)31-33(24)21-12-14-22(36-8)15-13-21/h9-16,18H,17H2,1-8H3,(H,29,34)(H,30,35). The van der Waals surface area contributed by atoms with Gasteiger partial charge in [0.05, 0.1) is 18.5 Å². The van der Waals surface area contributed by atoms with Crippen LogP contribution in [-0.4, -0.2) is 46.3 Å². The summed E-state index contributed by atoms with van der Waals surface area (Å²) in [6, 6.07) is 14.7. The van der Waals surface area contributed by atoms with E-state index >= 15 is 0 Å². The topological polar surface area (TPSA) is 88.5 Å². The molecule has 0 unspecified atom stereocenters. The molecule has 8 nitrogen and oxygen atoms in total. The van der Waals surface area contributed by atoms with E-state index in [2.05, 4.69) is 31.4 Å². The Balaban J connectivity index is 1.83. The Bertz CT molecular complexity index is 1200. The van der Waals surface area contributed by atoms with Crippen molar-refractivity contribution in [3.05, 3.63) is 65.4 Å². The summed E-state index contributed by atoms with van der Waals surface area (Å²) in [4.78, 5) is 27.8.